The number of halogens is 2. The van der Waals surface area contributed by atoms with Gasteiger partial charge < -0.3 is 11.1 Å². The Balaban J connectivity index is 2.04. The second-order valence-electron chi connectivity index (χ2n) is 5.64. The molecule has 21 heavy (non-hydrogen) atoms. The number of anilines is 1. The topological polar surface area (TPSA) is 55.1 Å². The molecule has 1 atom stereocenters. The number of rotatable bonds is 2. The Morgan fingerprint density at radius 1 is 1.29 bits per heavy atom. The lowest BCUT2D eigenvalue weighted by atomic mass is 9.84. The van der Waals surface area contributed by atoms with Crippen molar-refractivity contribution in [3.05, 3.63) is 49.6 Å². The van der Waals surface area contributed by atoms with Gasteiger partial charge in [-0.1, -0.05) is 35.3 Å². The summed E-state index contributed by atoms with van der Waals surface area (Å²) >= 11 is 13.5. The molecule has 110 valence electrons. The summed E-state index contributed by atoms with van der Waals surface area (Å²) in [5, 5.41) is 2.88. The van der Waals surface area contributed by atoms with Crippen LogP contribution in [-0.4, -0.2) is 5.91 Å². The number of carbonyl (C=O) groups excluding carboxylic acids is 1. The molecular formula is C15H14Cl2N2OS. The van der Waals surface area contributed by atoms with Crippen LogP contribution in [0.25, 0.3) is 0 Å². The summed E-state index contributed by atoms with van der Waals surface area (Å²) in [7, 11) is 0. The standard InChI is InChI=1S/C15H14Cl2N2OS/c1-15(2)9-5-7(3-4-10(9)19-14(15)20)12(18)8-6-11(16)21-13(8)17/h3-6,12H,18H2,1-2H3,(H,19,20). The second kappa shape index (κ2) is 4.99. The van der Waals surface area contributed by atoms with Gasteiger partial charge in [0.2, 0.25) is 5.91 Å². The first-order chi connectivity index (χ1) is 9.80. The fraction of sp³-hybridized carbons (Fsp3) is 0.267. The predicted octanol–water partition coefficient (Wildman–Crippen LogP) is 4.33. The summed E-state index contributed by atoms with van der Waals surface area (Å²) in [6.45, 7) is 3.80. The molecule has 0 saturated carbocycles. The highest BCUT2D eigenvalue weighted by Gasteiger charge is 2.38. The van der Waals surface area contributed by atoms with Crippen molar-refractivity contribution >= 4 is 46.1 Å². The minimum atomic E-state index is -0.554. The number of carbonyl (C=O) groups is 1. The fourth-order valence-corrected chi connectivity index (χ4v) is 4.08. The summed E-state index contributed by atoms with van der Waals surface area (Å²) in [6, 6.07) is 7.20. The molecule has 0 bridgehead atoms. The van der Waals surface area contributed by atoms with Crippen molar-refractivity contribution in [2.75, 3.05) is 5.32 Å². The van der Waals surface area contributed by atoms with E-state index in [-0.39, 0.29) is 11.9 Å². The number of hydrogen-bond acceptors (Lipinski definition) is 3. The summed E-state index contributed by atoms with van der Waals surface area (Å²) in [4.78, 5) is 12.0. The lowest BCUT2D eigenvalue weighted by Crippen LogP contribution is -2.27. The van der Waals surface area contributed by atoms with E-state index in [1.165, 1.54) is 11.3 Å². The van der Waals surface area contributed by atoms with Crippen molar-refractivity contribution < 1.29 is 4.79 Å². The highest BCUT2D eigenvalue weighted by Crippen LogP contribution is 2.41. The van der Waals surface area contributed by atoms with Gasteiger partial charge in [0.1, 0.15) is 0 Å². The van der Waals surface area contributed by atoms with Gasteiger partial charge in [-0.05, 0) is 37.1 Å². The van der Waals surface area contributed by atoms with Crippen molar-refractivity contribution in [1.29, 1.82) is 0 Å². The summed E-state index contributed by atoms with van der Waals surface area (Å²) in [5.74, 6) is -0.000156. The number of nitrogens with one attached hydrogen (secondary N) is 1. The van der Waals surface area contributed by atoms with Gasteiger partial charge in [-0.2, -0.15) is 0 Å². The van der Waals surface area contributed by atoms with E-state index in [4.69, 9.17) is 28.9 Å². The van der Waals surface area contributed by atoms with Gasteiger partial charge in [0, 0.05) is 11.3 Å². The molecule has 1 aliphatic rings. The van der Waals surface area contributed by atoms with Gasteiger partial charge in [0.05, 0.1) is 20.1 Å². The van der Waals surface area contributed by atoms with Crippen molar-refractivity contribution in [2.24, 2.45) is 5.73 Å². The first kappa shape index (κ1) is 14.9. The first-order valence-corrected chi connectivity index (χ1v) is 8.04. The molecule has 1 amide bonds. The minimum absolute atomic E-state index is 0.000156. The third kappa shape index (κ3) is 2.36. The molecule has 3 N–H and O–H groups in total. The molecular weight excluding hydrogens is 327 g/mol. The van der Waals surface area contributed by atoms with E-state index in [1.807, 2.05) is 32.0 Å². The molecule has 2 aromatic rings. The average molecular weight is 341 g/mol. The molecule has 1 unspecified atom stereocenters. The molecule has 0 spiro atoms. The van der Waals surface area contributed by atoms with Crippen LogP contribution in [-0.2, 0) is 10.2 Å². The number of hydrogen-bond donors (Lipinski definition) is 2. The fourth-order valence-electron chi connectivity index (χ4n) is 2.53. The molecule has 1 aliphatic heterocycles. The van der Waals surface area contributed by atoms with Gasteiger partial charge >= 0.3 is 0 Å². The van der Waals surface area contributed by atoms with E-state index in [2.05, 4.69) is 5.32 Å². The molecule has 6 heteroatoms. The Kier molecular flexibility index (Phi) is 3.53. The third-order valence-corrected chi connectivity index (χ3v) is 5.43. The summed E-state index contributed by atoms with van der Waals surface area (Å²) in [6.07, 6.45) is 0. The van der Waals surface area contributed by atoms with Crippen LogP contribution in [0.2, 0.25) is 8.67 Å². The van der Waals surface area contributed by atoms with E-state index >= 15 is 0 Å². The number of fused-ring (bicyclic) bond motifs is 1. The van der Waals surface area contributed by atoms with Gasteiger partial charge in [-0.3, -0.25) is 4.79 Å². The Labute approximate surface area is 137 Å². The Bertz CT molecular complexity index is 739. The van der Waals surface area contributed by atoms with E-state index in [0.717, 1.165) is 22.4 Å². The van der Waals surface area contributed by atoms with Crippen LogP contribution in [0.1, 0.15) is 36.6 Å². The number of amides is 1. The van der Waals surface area contributed by atoms with Crippen LogP contribution in [0.4, 0.5) is 5.69 Å². The Hall–Kier alpha value is -1.07. The third-order valence-electron chi connectivity index (χ3n) is 3.91. The molecule has 0 aliphatic carbocycles. The van der Waals surface area contributed by atoms with Gasteiger partial charge in [-0.25, -0.2) is 0 Å². The average Bonchev–Trinajstić information content (AvgIpc) is 2.87. The molecule has 0 radical (unpaired) electrons. The zero-order chi connectivity index (χ0) is 15.4. The number of thiophene rings is 1. The van der Waals surface area contributed by atoms with Crippen LogP contribution in [0.3, 0.4) is 0 Å². The van der Waals surface area contributed by atoms with Crippen LogP contribution in [0, 0.1) is 0 Å². The maximum absolute atomic E-state index is 12.0. The maximum atomic E-state index is 12.0. The van der Waals surface area contributed by atoms with Crippen molar-refractivity contribution in [3.63, 3.8) is 0 Å². The summed E-state index contributed by atoms with van der Waals surface area (Å²) in [5.41, 5.74) is 9.27. The Morgan fingerprint density at radius 3 is 2.62 bits per heavy atom. The van der Waals surface area contributed by atoms with Gasteiger partial charge in [0.15, 0.2) is 0 Å². The van der Waals surface area contributed by atoms with E-state index in [1.54, 1.807) is 6.07 Å². The maximum Gasteiger partial charge on any atom is 0.234 e. The van der Waals surface area contributed by atoms with E-state index in [9.17, 15) is 4.79 Å². The van der Waals surface area contributed by atoms with Gasteiger partial charge in [-0.15, -0.1) is 11.3 Å². The van der Waals surface area contributed by atoms with Crippen LogP contribution in [0.15, 0.2) is 24.3 Å². The smallest absolute Gasteiger partial charge is 0.234 e. The SMILES string of the molecule is CC1(C)C(=O)Nc2ccc(C(N)c3cc(Cl)sc3Cl)cc21. The molecule has 3 nitrogen and oxygen atoms in total. The molecule has 2 heterocycles. The van der Waals surface area contributed by atoms with Crippen molar-refractivity contribution in [3.8, 4) is 0 Å². The quantitative estimate of drug-likeness (QED) is 0.854. The lowest BCUT2D eigenvalue weighted by Gasteiger charge is -2.18. The second-order valence-corrected chi connectivity index (χ2v) is 7.93. The molecule has 0 saturated heterocycles. The lowest BCUT2D eigenvalue weighted by molar-refractivity contribution is -0.119. The molecule has 1 aromatic heterocycles. The monoisotopic (exact) mass is 340 g/mol. The van der Waals surface area contributed by atoms with Crippen molar-refractivity contribution in [2.45, 2.75) is 25.3 Å². The molecule has 1 aromatic carbocycles. The van der Waals surface area contributed by atoms with E-state index < -0.39 is 5.41 Å². The van der Waals surface area contributed by atoms with Gasteiger partial charge in [0.25, 0.3) is 0 Å². The van der Waals surface area contributed by atoms with Crippen molar-refractivity contribution in [1.82, 2.24) is 0 Å². The number of nitrogens with two attached hydrogens (primary N) is 1. The summed E-state index contributed by atoms with van der Waals surface area (Å²) < 4.78 is 1.21. The minimum Gasteiger partial charge on any atom is -0.325 e. The zero-order valence-electron chi connectivity index (χ0n) is 11.5. The van der Waals surface area contributed by atoms with Crippen LogP contribution >= 0.6 is 34.5 Å². The highest BCUT2D eigenvalue weighted by molar-refractivity contribution is 7.20. The number of benzene rings is 1. The van der Waals surface area contributed by atoms with Crippen LogP contribution in [0.5, 0.6) is 0 Å². The normalized spacial score (nSPS) is 17.5. The van der Waals surface area contributed by atoms with E-state index in [0.29, 0.717) is 8.67 Å². The largest absolute Gasteiger partial charge is 0.325 e. The molecule has 0 fully saturated rings. The predicted molar refractivity (Wildman–Crippen MR) is 88.5 cm³/mol. The zero-order valence-corrected chi connectivity index (χ0v) is 13.9. The van der Waals surface area contributed by atoms with Crippen LogP contribution < -0.4 is 11.1 Å². The molecule has 3 rings (SSSR count). The highest BCUT2D eigenvalue weighted by atomic mass is 35.5. The Morgan fingerprint density at radius 2 is 2.00 bits per heavy atom. The first-order valence-electron chi connectivity index (χ1n) is 6.47.